The first-order valence-corrected chi connectivity index (χ1v) is 7.89. The van der Waals surface area contributed by atoms with Crippen molar-refractivity contribution in [3.8, 4) is 0 Å². The highest BCUT2D eigenvalue weighted by Crippen LogP contribution is 2.27. The van der Waals surface area contributed by atoms with Crippen LogP contribution >= 0.6 is 22.9 Å². The summed E-state index contributed by atoms with van der Waals surface area (Å²) >= 11 is 7.88. The summed E-state index contributed by atoms with van der Waals surface area (Å²) in [6, 6.07) is 8.20. The van der Waals surface area contributed by atoms with E-state index < -0.39 is 0 Å². The minimum Gasteiger partial charge on any atom is -0.322 e. The summed E-state index contributed by atoms with van der Waals surface area (Å²) < 4.78 is 0. The quantitative estimate of drug-likeness (QED) is 0.907. The summed E-state index contributed by atoms with van der Waals surface area (Å²) in [5, 5.41) is 3.87. The first-order valence-electron chi connectivity index (χ1n) is 6.63. The molecule has 2 atom stereocenters. The molecule has 0 bridgehead atoms. The Morgan fingerprint density at radius 2 is 2.05 bits per heavy atom. The maximum absolute atomic E-state index is 6.26. The van der Waals surface area contributed by atoms with Crippen LogP contribution in [0.4, 0.5) is 0 Å². The first kappa shape index (κ1) is 15.4. The average Bonchev–Trinajstić information content (AvgIpc) is 2.87. The second-order valence-corrected chi connectivity index (χ2v) is 6.38. The summed E-state index contributed by atoms with van der Waals surface area (Å²) in [4.78, 5) is 6.80. The summed E-state index contributed by atoms with van der Waals surface area (Å²) in [5.41, 5.74) is 8.04. The highest BCUT2D eigenvalue weighted by molar-refractivity contribution is 7.09. The molecule has 0 aliphatic rings. The van der Waals surface area contributed by atoms with E-state index >= 15 is 0 Å². The van der Waals surface area contributed by atoms with Crippen LogP contribution in [-0.4, -0.2) is 16.9 Å². The maximum Gasteiger partial charge on any atom is 0.109 e. The molecule has 0 aliphatic heterocycles. The van der Waals surface area contributed by atoms with E-state index in [1.807, 2.05) is 25.1 Å². The lowest BCUT2D eigenvalue weighted by atomic mass is 10.1. The van der Waals surface area contributed by atoms with Gasteiger partial charge in [-0.1, -0.05) is 29.8 Å². The number of thiazole rings is 1. The zero-order chi connectivity index (χ0) is 14.7. The van der Waals surface area contributed by atoms with Crippen molar-refractivity contribution < 1.29 is 0 Å². The van der Waals surface area contributed by atoms with Gasteiger partial charge in [0.05, 0.1) is 11.7 Å². The van der Waals surface area contributed by atoms with Crippen molar-refractivity contribution in [3.63, 3.8) is 0 Å². The average molecular weight is 310 g/mol. The molecule has 0 radical (unpaired) electrons. The zero-order valence-electron chi connectivity index (χ0n) is 12.0. The molecule has 2 N–H and O–H groups in total. The predicted molar refractivity (Wildman–Crippen MR) is 86.1 cm³/mol. The molecule has 5 heteroatoms. The van der Waals surface area contributed by atoms with Crippen molar-refractivity contribution in [2.45, 2.75) is 32.5 Å². The Bertz CT molecular complexity index is 568. The normalized spacial score (nSPS) is 14.5. The molecule has 0 fully saturated rings. The van der Waals surface area contributed by atoms with Crippen molar-refractivity contribution in [1.82, 2.24) is 9.88 Å². The van der Waals surface area contributed by atoms with Gasteiger partial charge in [-0.25, -0.2) is 4.98 Å². The molecular formula is C15H20ClN3S. The van der Waals surface area contributed by atoms with E-state index in [9.17, 15) is 0 Å². The van der Waals surface area contributed by atoms with Gasteiger partial charge in [0.1, 0.15) is 5.01 Å². The van der Waals surface area contributed by atoms with Crippen LogP contribution in [0, 0.1) is 0 Å². The van der Waals surface area contributed by atoms with Gasteiger partial charge in [0.15, 0.2) is 0 Å². The molecule has 2 unspecified atom stereocenters. The number of hydrogen-bond acceptors (Lipinski definition) is 4. The standard InChI is InChI=1S/C15H20ClN3S/c1-10(17)15-18-12(9-20-15)8-19(3)11(2)13-6-4-5-7-14(13)16/h4-7,9-11H,8,17H2,1-3H3. The number of rotatable bonds is 5. The molecule has 2 rings (SSSR count). The maximum atomic E-state index is 6.26. The van der Waals surface area contributed by atoms with Gasteiger partial charge in [0.25, 0.3) is 0 Å². The second-order valence-electron chi connectivity index (χ2n) is 5.08. The van der Waals surface area contributed by atoms with Crippen LogP contribution in [0.15, 0.2) is 29.6 Å². The smallest absolute Gasteiger partial charge is 0.109 e. The van der Waals surface area contributed by atoms with Crippen molar-refractivity contribution in [2.24, 2.45) is 5.73 Å². The number of nitrogens with zero attached hydrogens (tertiary/aromatic N) is 2. The van der Waals surface area contributed by atoms with E-state index in [1.165, 1.54) is 0 Å². The molecular weight excluding hydrogens is 290 g/mol. The van der Waals surface area contributed by atoms with Gasteiger partial charge in [0.2, 0.25) is 0 Å². The van der Waals surface area contributed by atoms with Gasteiger partial charge in [0, 0.05) is 23.0 Å². The Morgan fingerprint density at radius 1 is 1.35 bits per heavy atom. The minimum atomic E-state index is 0.0000439. The van der Waals surface area contributed by atoms with Crippen molar-refractivity contribution in [2.75, 3.05) is 7.05 Å². The predicted octanol–water partition coefficient (Wildman–Crippen LogP) is 4.01. The SMILES string of the molecule is CC(N)c1nc(CN(C)C(C)c2ccccc2Cl)cs1. The lowest BCUT2D eigenvalue weighted by Gasteiger charge is -2.25. The Morgan fingerprint density at radius 3 is 2.65 bits per heavy atom. The monoisotopic (exact) mass is 309 g/mol. The summed E-state index contributed by atoms with van der Waals surface area (Å²) in [7, 11) is 2.08. The van der Waals surface area contributed by atoms with Crippen LogP contribution in [0.3, 0.4) is 0 Å². The van der Waals surface area contributed by atoms with Crippen LogP contribution in [0.2, 0.25) is 5.02 Å². The molecule has 0 spiro atoms. The first-order chi connectivity index (χ1) is 9.49. The lowest BCUT2D eigenvalue weighted by molar-refractivity contribution is 0.250. The van der Waals surface area contributed by atoms with Gasteiger partial charge in [-0.2, -0.15) is 0 Å². The van der Waals surface area contributed by atoms with Crippen LogP contribution in [0.1, 0.15) is 42.2 Å². The summed E-state index contributed by atoms with van der Waals surface area (Å²) in [6.45, 7) is 4.90. The number of nitrogens with two attached hydrogens (primary N) is 1. The summed E-state index contributed by atoms with van der Waals surface area (Å²) in [6.07, 6.45) is 0. The lowest BCUT2D eigenvalue weighted by Crippen LogP contribution is -2.22. The number of aromatic nitrogens is 1. The van der Waals surface area contributed by atoms with Crippen LogP contribution in [0.5, 0.6) is 0 Å². The largest absolute Gasteiger partial charge is 0.322 e. The second kappa shape index (κ2) is 6.68. The van der Waals surface area contributed by atoms with Crippen LogP contribution in [0.25, 0.3) is 0 Å². The number of benzene rings is 1. The van der Waals surface area contributed by atoms with E-state index in [4.69, 9.17) is 17.3 Å². The topological polar surface area (TPSA) is 42.1 Å². The van der Waals surface area contributed by atoms with E-state index in [2.05, 4.69) is 35.3 Å². The molecule has 3 nitrogen and oxygen atoms in total. The van der Waals surface area contributed by atoms with E-state index in [-0.39, 0.29) is 12.1 Å². The van der Waals surface area contributed by atoms with Crippen LogP contribution < -0.4 is 5.73 Å². The van der Waals surface area contributed by atoms with Crippen molar-refractivity contribution in [1.29, 1.82) is 0 Å². The third-order valence-electron chi connectivity index (χ3n) is 3.39. The zero-order valence-corrected chi connectivity index (χ0v) is 13.6. The molecule has 0 saturated carbocycles. The van der Waals surface area contributed by atoms with Gasteiger partial charge in [-0.05, 0) is 32.5 Å². The van der Waals surface area contributed by atoms with E-state index in [0.29, 0.717) is 0 Å². The molecule has 0 aliphatic carbocycles. The Labute approximate surface area is 129 Å². The minimum absolute atomic E-state index is 0.0000439. The highest BCUT2D eigenvalue weighted by Gasteiger charge is 2.16. The molecule has 2 aromatic rings. The summed E-state index contributed by atoms with van der Waals surface area (Å²) in [5.74, 6) is 0. The fourth-order valence-corrected chi connectivity index (χ4v) is 3.11. The molecule has 1 heterocycles. The van der Waals surface area contributed by atoms with E-state index in [1.54, 1.807) is 11.3 Å². The molecule has 20 heavy (non-hydrogen) atoms. The van der Waals surface area contributed by atoms with Gasteiger partial charge in [-0.15, -0.1) is 11.3 Å². The van der Waals surface area contributed by atoms with Gasteiger partial charge < -0.3 is 5.73 Å². The molecule has 108 valence electrons. The fraction of sp³-hybridized carbons (Fsp3) is 0.400. The van der Waals surface area contributed by atoms with Gasteiger partial charge >= 0.3 is 0 Å². The number of hydrogen-bond donors (Lipinski definition) is 1. The number of halogens is 1. The molecule has 1 aromatic heterocycles. The third kappa shape index (κ3) is 3.58. The molecule has 0 amide bonds. The Kier molecular flexibility index (Phi) is 5.16. The Hall–Kier alpha value is -0.940. The third-order valence-corrected chi connectivity index (χ3v) is 4.83. The fourth-order valence-electron chi connectivity index (χ4n) is 2.05. The van der Waals surface area contributed by atoms with Gasteiger partial charge in [-0.3, -0.25) is 4.90 Å². The molecule has 1 aromatic carbocycles. The van der Waals surface area contributed by atoms with Crippen LogP contribution in [-0.2, 0) is 6.54 Å². The highest BCUT2D eigenvalue weighted by atomic mass is 35.5. The molecule has 0 saturated heterocycles. The van der Waals surface area contributed by atoms with E-state index in [0.717, 1.165) is 27.8 Å². The van der Waals surface area contributed by atoms with Crippen molar-refractivity contribution in [3.05, 3.63) is 50.9 Å². The van der Waals surface area contributed by atoms with Crippen molar-refractivity contribution >= 4 is 22.9 Å². The Balaban J connectivity index is 2.07.